The van der Waals surface area contributed by atoms with Crippen LogP contribution >= 0.6 is 0 Å². The van der Waals surface area contributed by atoms with Gasteiger partial charge in [-0.05, 0) is 18.9 Å². The van der Waals surface area contributed by atoms with E-state index in [-0.39, 0.29) is 12.6 Å². The maximum atomic E-state index is 14.0. The zero-order chi connectivity index (χ0) is 14.9. The number of hydrogen-bond donors (Lipinski definition) is 0. The van der Waals surface area contributed by atoms with Crippen molar-refractivity contribution in [2.45, 2.75) is 18.9 Å². The smallest absolute Gasteiger partial charge is 0.308 e. The van der Waals surface area contributed by atoms with E-state index in [4.69, 9.17) is 0 Å². The molecule has 0 unspecified atom stereocenters. The minimum atomic E-state index is -1.31. The number of carbonyl (C=O) groups excluding carboxylic acids is 1. The number of carbonyl (C=O) groups is 1. The van der Waals surface area contributed by atoms with Crippen molar-refractivity contribution in [3.8, 4) is 0 Å². The maximum Gasteiger partial charge on any atom is 0.308 e. The summed E-state index contributed by atoms with van der Waals surface area (Å²) >= 11 is 0. The molecular weight excluding hydrogens is 270 g/mol. The van der Waals surface area contributed by atoms with Gasteiger partial charge in [0.25, 0.3) is 5.91 Å². The molecule has 0 radical (unpaired) electrons. The molecule has 0 N–H and O–H groups in total. The molecule has 1 fully saturated rings. The van der Waals surface area contributed by atoms with E-state index in [1.165, 1.54) is 11.0 Å². The summed E-state index contributed by atoms with van der Waals surface area (Å²) in [4.78, 5) is 23.2. The second-order valence-electron chi connectivity index (χ2n) is 4.52. The van der Waals surface area contributed by atoms with E-state index >= 15 is 0 Å². The van der Waals surface area contributed by atoms with Gasteiger partial charge in [-0.15, -0.1) is 6.58 Å². The van der Waals surface area contributed by atoms with Crippen LogP contribution in [0.3, 0.4) is 0 Å². The van der Waals surface area contributed by atoms with Gasteiger partial charge in [-0.1, -0.05) is 6.08 Å². The number of nitrogens with zero attached hydrogens (tertiary/aromatic N) is 2. The first kappa shape index (κ1) is 14.1. The molecule has 106 valence electrons. The quantitative estimate of drug-likeness (QED) is 0.474. The Hall–Kier alpha value is -2.31. The monoisotopic (exact) mass is 282 g/mol. The molecule has 0 bridgehead atoms. The van der Waals surface area contributed by atoms with Crippen LogP contribution in [-0.4, -0.2) is 28.3 Å². The van der Waals surface area contributed by atoms with Gasteiger partial charge in [-0.25, -0.2) is 4.39 Å². The van der Waals surface area contributed by atoms with Crippen molar-refractivity contribution >= 4 is 11.6 Å². The third-order valence-electron chi connectivity index (χ3n) is 3.02. The fourth-order valence-corrected chi connectivity index (χ4v) is 1.94. The van der Waals surface area contributed by atoms with E-state index < -0.39 is 33.7 Å². The van der Waals surface area contributed by atoms with Gasteiger partial charge in [-0.3, -0.25) is 14.9 Å². The number of amides is 1. The zero-order valence-corrected chi connectivity index (χ0v) is 10.5. The fraction of sp³-hybridized carbons (Fsp3) is 0.308. The average Bonchev–Trinajstić information content (AvgIpc) is 3.21. The molecule has 1 aliphatic rings. The van der Waals surface area contributed by atoms with E-state index in [0.29, 0.717) is 12.1 Å². The first-order valence-electron chi connectivity index (χ1n) is 6.01. The highest BCUT2D eigenvalue weighted by Gasteiger charge is 2.35. The second kappa shape index (κ2) is 5.36. The minimum Gasteiger partial charge on any atom is -0.332 e. The lowest BCUT2D eigenvalue weighted by atomic mass is 10.1. The van der Waals surface area contributed by atoms with Gasteiger partial charge in [0.2, 0.25) is 5.82 Å². The SMILES string of the molecule is C=CCN(C(=O)c1cc(F)cc([N+](=O)[O-])c1F)C1CC1. The third kappa shape index (κ3) is 2.66. The lowest BCUT2D eigenvalue weighted by Gasteiger charge is -2.20. The number of rotatable bonds is 5. The van der Waals surface area contributed by atoms with Crippen LogP contribution in [0.1, 0.15) is 23.2 Å². The molecule has 0 atom stereocenters. The first-order chi connectivity index (χ1) is 9.45. The van der Waals surface area contributed by atoms with E-state index in [1.54, 1.807) is 0 Å². The Morgan fingerprint density at radius 3 is 2.65 bits per heavy atom. The molecule has 1 aromatic rings. The number of halogens is 2. The normalized spacial score (nSPS) is 13.9. The summed E-state index contributed by atoms with van der Waals surface area (Å²) in [6.45, 7) is 3.69. The standard InChI is InChI=1S/C13H12F2N2O3/c1-2-5-16(9-3-4-9)13(18)10-6-8(14)7-11(12(10)15)17(19)20/h2,6-7,9H,1,3-5H2. The Morgan fingerprint density at radius 2 is 2.15 bits per heavy atom. The van der Waals surface area contributed by atoms with Crippen LogP contribution in [0.2, 0.25) is 0 Å². The summed E-state index contributed by atoms with van der Waals surface area (Å²) in [5, 5.41) is 10.6. The molecule has 1 amide bonds. The minimum absolute atomic E-state index is 0.0396. The van der Waals surface area contributed by atoms with Gasteiger partial charge < -0.3 is 4.90 Å². The highest BCUT2D eigenvalue weighted by molar-refractivity contribution is 5.95. The van der Waals surface area contributed by atoms with Crippen molar-refractivity contribution in [2.75, 3.05) is 6.54 Å². The summed E-state index contributed by atoms with van der Waals surface area (Å²) in [6, 6.07) is 1.10. The zero-order valence-electron chi connectivity index (χ0n) is 10.5. The van der Waals surface area contributed by atoms with Gasteiger partial charge in [0.1, 0.15) is 5.82 Å². The predicted molar refractivity (Wildman–Crippen MR) is 67.3 cm³/mol. The molecule has 0 spiro atoms. The van der Waals surface area contributed by atoms with Gasteiger partial charge in [0, 0.05) is 12.6 Å². The maximum absolute atomic E-state index is 14.0. The topological polar surface area (TPSA) is 63.5 Å². The average molecular weight is 282 g/mol. The molecule has 0 heterocycles. The predicted octanol–water partition coefficient (Wildman–Crippen LogP) is 2.66. The summed E-state index contributed by atoms with van der Waals surface area (Å²) < 4.78 is 27.3. The van der Waals surface area contributed by atoms with Crippen LogP contribution in [-0.2, 0) is 0 Å². The molecule has 0 saturated heterocycles. The van der Waals surface area contributed by atoms with E-state index in [9.17, 15) is 23.7 Å². The largest absolute Gasteiger partial charge is 0.332 e. The Bertz CT molecular complexity index is 585. The van der Waals surface area contributed by atoms with Gasteiger partial charge >= 0.3 is 5.69 Å². The van der Waals surface area contributed by atoms with Gasteiger partial charge in [-0.2, -0.15) is 4.39 Å². The Morgan fingerprint density at radius 1 is 1.50 bits per heavy atom. The van der Waals surface area contributed by atoms with Crippen molar-refractivity contribution in [3.63, 3.8) is 0 Å². The van der Waals surface area contributed by atoms with Crippen molar-refractivity contribution in [3.05, 3.63) is 52.1 Å². The summed E-state index contributed by atoms with van der Waals surface area (Å²) in [5.41, 5.74) is -1.66. The fourth-order valence-electron chi connectivity index (χ4n) is 1.94. The molecule has 0 aliphatic heterocycles. The summed E-state index contributed by atoms with van der Waals surface area (Å²) in [7, 11) is 0. The second-order valence-corrected chi connectivity index (χ2v) is 4.52. The molecule has 0 aromatic heterocycles. The van der Waals surface area contributed by atoms with Crippen LogP contribution in [0, 0.1) is 21.7 Å². The Balaban J connectivity index is 2.42. The lowest BCUT2D eigenvalue weighted by molar-refractivity contribution is -0.387. The molecular formula is C13H12F2N2O3. The highest BCUT2D eigenvalue weighted by Crippen LogP contribution is 2.30. The lowest BCUT2D eigenvalue weighted by Crippen LogP contribution is -2.34. The number of nitro benzene ring substituents is 1. The van der Waals surface area contributed by atoms with Crippen LogP contribution in [0.5, 0.6) is 0 Å². The van der Waals surface area contributed by atoms with E-state index in [1.807, 2.05) is 0 Å². The van der Waals surface area contributed by atoms with E-state index in [0.717, 1.165) is 12.8 Å². The number of nitro groups is 1. The van der Waals surface area contributed by atoms with Crippen LogP contribution < -0.4 is 0 Å². The van der Waals surface area contributed by atoms with Crippen molar-refractivity contribution in [1.29, 1.82) is 0 Å². The summed E-state index contributed by atoms with van der Waals surface area (Å²) in [5.74, 6) is -3.08. The van der Waals surface area contributed by atoms with Crippen LogP contribution in [0.4, 0.5) is 14.5 Å². The highest BCUT2D eigenvalue weighted by atomic mass is 19.1. The molecule has 1 aliphatic carbocycles. The first-order valence-corrected chi connectivity index (χ1v) is 6.01. The number of benzene rings is 1. The van der Waals surface area contributed by atoms with E-state index in [2.05, 4.69) is 6.58 Å². The van der Waals surface area contributed by atoms with Gasteiger partial charge in [0.15, 0.2) is 0 Å². The molecule has 1 aromatic carbocycles. The molecule has 2 rings (SSSR count). The van der Waals surface area contributed by atoms with Gasteiger partial charge in [0.05, 0.1) is 16.6 Å². The third-order valence-corrected chi connectivity index (χ3v) is 3.02. The Kier molecular flexibility index (Phi) is 3.78. The molecule has 20 heavy (non-hydrogen) atoms. The van der Waals surface area contributed by atoms with Crippen molar-refractivity contribution in [1.82, 2.24) is 4.90 Å². The molecule has 7 heteroatoms. The summed E-state index contributed by atoms with van der Waals surface area (Å²) in [6.07, 6.45) is 3.03. The molecule has 1 saturated carbocycles. The van der Waals surface area contributed by atoms with Crippen molar-refractivity contribution < 1.29 is 18.5 Å². The van der Waals surface area contributed by atoms with Crippen LogP contribution in [0.25, 0.3) is 0 Å². The van der Waals surface area contributed by atoms with Crippen molar-refractivity contribution in [2.24, 2.45) is 0 Å². The van der Waals surface area contributed by atoms with Crippen LogP contribution in [0.15, 0.2) is 24.8 Å². The Labute approximate surface area is 113 Å². The number of hydrogen-bond acceptors (Lipinski definition) is 3. The molecule has 5 nitrogen and oxygen atoms in total.